The summed E-state index contributed by atoms with van der Waals surface area (Å²) in [6.45, 7) is 2.61. The molecule has 1 atom stereocenters. The van der Waals surface area contributed by atoms with Crippen LogP contribution in [0.1, 0.15) is 35.0 Å². The first-order valence-electron chi connectivity index (χ1n) is 7.40. The average molecular weight is 364 g/mol. The van der Waals surface area contributed by atoms with Gasteiger partial charge in [-0.2, -0.15) is 0 Å². The molecule has 116 valence electrons. The Bertz CT molecular complexity index is 624. The van der Waals surface area contributed by atoms with Gasteiger partial charge < -0.3 is 9.73 Å². The molecule has 2 aromatic rings. The van der Waals surface area contributed by atoms with Crippen LogP contribution in [0.25, 0.3) is 0 Å². The minimum absolute atomic E-state index is 0.0848. The first-order chi connectivity index (χ1) is 10.7. The molecular formula is C16H18BrN3O2. The zero-order chi connectivity index (χ0) is 15.4. The van der Waals surface area contributed by atoms with Crippen LogP contribution in [0.3, 0.4) is 0 Å². The number of likely N-dealkylation sites (tertiary alicyclic amines) is 1. The third-order valence-electron chi connectivity index (χ3n) is 3.88. The summed E-state index contributed by atoms with van der Waals surface area (Å²) in [5.74, 6) is 0.777. The number of aromatic nitrogens is 1. The van der Waals surface area contributed by atoms with Crippen molar-refractivity contribution in [3.63, 3.8) is 0 Å². The van der Waals surface area contributed by atoms with E-state index in [2.05, 4.69) is 31.1 Å². The summed E-state index contributed by atoms with van der Waals surface area (Å²) in [4.78, 5) is 18.6. The van der Waals surface area contributed by atoms with Crippen LogP contribution in [0.2, 0.25) is 0 Å². The van der Waals surface area contributed by atoms with E-state index in [4.69, 9.17) is 4.42 Å². The molecule has 0 unspecified atom stereocenters. The van der Waals surface area contributed by atoms with Crippen LogP contribution in [0, 0.1) is 0 Å². The monoisotopic (exact) mass is 363 g/mol. The van der Waals surface area contributed by atoms with Crippen LogP contribution in [0.15, 0.2) is 45.7 Å². The van der Waals surface area contributed by atoms with Gasteiger partial charge in [-0.1, -0.05) is 0 Å². The zero-order valence-electron chi connectivity index (χ0n) is 12.2. The van der Waals surface area contributed by atoms with E-state index in [9.17, 15) is 4.79 Å². The van der Waals surface area contributed by atoms with Gasteiger partial charge in [0.2, 0.25) is 0 Å². The molecule has 22 heavy (non-hydrogen) atoms. The highest BCUT2D eigenvalue weighted by atomic mass is 79.9. The van der Waals surface area contributed by atoms with E-state index in [-0.39, 0.29) is 11.9 Å². The molecule has 0 spiro atoms. The van der Waals surface area contributed by atoms with Crippen LogP contribution >= 0.6 is 15.9 Å². The maximum Gasteiger partial charge on any atom is 0.252 e. The predicted octanol–water partition coefficient (Wildman–Crippen LogP) is 3.00. The Balaban J connectivity index is 1.67. The van der Waals surface area contributed by atoms with Gasteiger partial charge in [-0.25, -0.2) is 0 Å². The summed E-state index contributed by atoms with van der Waals surface area (Å²) >= 11 is 3.33. The van der Waals surface area contributed by atoms with Crippen molar-refractivity contribution >= 4 is 21.8 Å². The van der Waals surface area contributed by atoms with Gasteiger partial charge in [0.15, 0.2) is 0 Å². The number of hydrogen-bond acceptors (Lipinski definition) is 4. The number of carbonyl (C=O) groups excluding carboxylic acids is 1. The molecule has 0 bridgehead atoms. The second-order valence-electron chi connectivity index (χ2n) is 5.38. The second kappa shape index (κ2) is 7.07. The maximum absolute atomic E-state index is 12.3. The first-order valence-corrected chi connectivity index (χ1v) is 8.19. The van der Waals surface area contributed by atoms with Crippen molar-refractivity contribution in [2.75, 3.05) is 19.6 Å². The Labute approximate surface area is 137 Å². The van der Waals surface area contributed by atoms with Gasteiger partial charge in [0.25, 0.3) is 5.91 Å². The zero-order valence-corrected chi connectivity index (χ0v) is 13.8. The molecule has 0 radical (unpaired) electrons. The van der Waals surface area contributed by atoms with Crippen molar-refractivity contribution in [2.45, 2.75) is 18.9 Å². The largest absolute Gasteiger partial charge is 0.468 e. The van der Waals surface area contributed by atoms with Crippen molar-refractivity contribution in [3.05, 3.63) is 52.7 Å². The van der Waals surface area contributed by atoms with Gasteiger partial charge in [-0.15, -0.1) is 0 Å². The molecule has 2 aromatic heterocycles. The van der Waals surface area contributed by atoms with Crippen molar-refractivity contribution in [1.82, 2.24) is 15.2 Å². The number of amides is 1. The normalized spacial score (nSPS) is 16.6. The van der Waals surface area contributed by atoms with E-state index in [0.29, 0.717) is 12.1 Å². The third kappa shape index (κ3) is 3.56. The minimum Gasteiger partial charge on any atom is -0.468 e. The molecule has 3 rings (SSSR count). The predicted molar refractivity (Wildman–Crippen MR) is 86.5 cm³/mol. The number of rotatable bonds is 5. The van der Waals surface area contributed by atoms with E-state index in [0.717, 1.165) is 23.3 Å². The smallest absolute Gasteiger partial charge is 0.252 e. The standard InChI is InChI=1S/C16H18BrN3O2/c17-13-8-12(9-18-10-13)16(21)19-11-14(15-4-3-7-22-15)20-5-1-2-6-20/h3-4,7-10,14H,1-2,5-6,11H2,(H,19,21)/t14-/m1/s1. The van der Waals surface area contributed by atoms with Gasteiger partial charge in [0, 0.05) is 23.4 Å². The lowest BCUT2D eigenvalue weighted by Gasteiger charge is -2.26. The molecule has 1 amide bonds. The summed E-state index contributed by atoms with van der Waals surface area (Å²) in [5.41, 5.74) is 0.550. The summed E-state index contributed by atoms with van der Waals surface area (Å²) in [5, 5.41) is 2.99. The first kappa shape index (κ1) is 15.2. The fraction of sp³-hybridized carbons (Fsp3) is 0.375. The fourth-order valence-electron chi connectivity index (χ4n) is 2.77. The number of nitrogens with one attached hydrogen (secondary N) is 1. The highest BCUT2D eigenvalue weighted by Crippen LogP contribution is 2.25. The van der Waals surface area contributed by atoms with Gasteiger partial charge in [-0.05, 0) is 60.1 Å². The number of nitrogens with zero attached hydrogens (tertiary/aromatic N) is 2. The van der Waals surface area contributed by atoms with Crippen molar-refractivity contribution in [2.24, 2.45) is 0 Å². The topological polar surface area (TPSA) is 58.4 Å². The number of hydrogen-bond donors (Lipinski definition) is 1. The van der Waals surface area contributed by atoms with Gasteiger partial charge >= 0.3 is 0 Å². The molecule has 1 aliphatic heterocycles. The van der Waals surface area contributed by atoms with E-state index < -0.39 is 0 Å². The summed E-state index contributed by atoms with van der Waals surface area (Å²) in [7, 11) is 0. The SMILES string of the molecule is O=C(NC[C@H](c1ccco1)N1CCCC1)c1cncc(Br)c1. The molecule has 1 saturated heterocycles. The molecule has 6 heteroatoms. The molecule has 5 nitrogen and oxygen atoms in total. The van der Waals surface area contributed by atoms with Gasteiger partial charge in [0.1, 0.15) is 5.76 Å². The van der Waals surface area contributed by atoms with Crippen LogP contribution in [-0.2, 0) is 0 Å². The number of furan rings is 1. The van der Waals surface area contributed by atoms with Crippen LogP contribution in [0.5, 0.6) is 0 Å². The molecule has 0 aliphatic carbocycles. The summed E-state index contributed by atoms with van der Waals surface area (Å²) in [6.07, 6.45) is 7.30. The molecular weight excluding hydrogens is 346 g/mol. The quantitative estimate of drug-likeness (QED) is 0.886. The minimum atomic E-state index is -0.121. The number of pyridine rings is 1. The van der Waals surface area contributed by atoms with Crippen molar-refractivity contribution in [3.8, 4) is 0 Å². The molecule has 0 aromatic carbocycles. The van der Waals surface area contributed by atoms with Crippen molar-refractivity contribution in [1.29, 1.82) is 0 Å². The summed E-state index contributed by atoms with van der Waals surface area (Å²) < 4.78 is 6.35. The lowest BCUT2D eigenvalue weighted by atomic mass is 10.2. The Morgan fingerprint density at radius 1 is 1.41 bits per heavy atom. The highest BCUT2D eigenvalue weighted by molar-refractivity contribution is 9.10. The van der Waals surface area contributed by atoms with E-state index >= 15 is 0 Å². The Kier molecular flexibility index (Phi) is 4.90. The highest BCUT2D eigenvalue weighted by Gasteiger charge is 2.26. The van der Waals surface area contributed by atoms with E-state index in [1.54, 1.807) is 24.7 Å². The third-order valence-corrected chi connectivity index (χ3v) is 4.31. The Morgan fingerprint density at radius 2 is 2.23 bits per heavy atom. The van der Waals surface area contributed by atoms with Gasteiger partial charge in [-0.3, -0.25) is 14.7 Å². The number of halogens is 1. The molecule has 1 N–H and O–H groups in total. The Hall–Kier alpha value is -1.66. The average Bonchev–Trinajstić information content (AvgIpc) is 3.21. The molecule has 1 aliphatic rings. The van der Waals surface area contributed by atoms with E-state index in [1.807, 2.05) is 12.1 Å². The molecule has 1 fully saturated rings. The van der Waals surface area contributed by atoms with E-state index in [1.165, 1.54) is 12.8 Å². The maximum atomic E-state index is 12.3. The van der Waals surface area contributed by atoms with Crippen LogP contribution < -0.4 is 5.32 Å². The molecule has 3 heterocycles. The van der Waals surface area contributed by atoms with Crippen LogP contribution in [0.4, 0.5) is 0 Å². The number of carbonyl (C=O) groups is 1. The van der Waals surface area contributed by atoms with Crippen LogP contribution in [-0.4, -0.2) is 35.4 Å². The Morgan fingerprint density at radius 3 is 2.91 bits per heavy atom. The second-order valence-corrected chi connectivity index (χ2v) is 6.29. The molecule has 0 saturated carbocycles. The van der Waals surface area contributed by atoms with Crippen molar-refractivity contribution < 1.29 is 9.21 Å². The fourth-order valence-corrected chi connectivity index (χ4v) is 3.14. The summed E-state index contributed by atoms with van der Waals surface area (Å²) in [6, 6.07) is 5.70. The van der Waals surface area contributed by atoms with Gasteiger partial charge in [0.05, 0.1) is 17.9 Å². The lowest BCUT2D eigenvalue weighted by Crippen LogP contribution is -2.36. The lowest BCUT2D eigenvalue weighted by molar-refractivity contribution is 0.0933.